The number of ketones is 1. The highest BCUT2D eigenvalue weighted by Crippen LogP contribution is 2.38. The van der Waals surface area contributed by atoms with Crippen LogP contribution in [-0.2, 0) is 0 Å². The minimum atomic E-state index is -0.511. The number of rotatable bonds is 8. The maximum absolute atomic E-state index is 12.5. The lowest BCUT2D eigenvalue weighted by Crippen LogP contribution is -2.08. The van der Waals surface area contributed by atoms with Gasteiger partial charge in [0, 0.05) is 10.6 Å². The molecule has 0 aliphatic rings. The van der Waals surface area contributed by atoms with Crippen molar-refractivity contribution >= 4 is 29.4 Å². The zero-order valence-corrected chi connectivity index (χ0v) is 18.5. The summed E-state index contributed by atoms with van der Waals surface area (Å²) in [5.74, 6) is 1.06. The molecule has 0 bridgehead atoms. The first kappa shape index (κ1) is 22.9. The van der Waals surface area contributed by atoms with Gasteiger partial charge in [-0.2, -0.15) is 0 Å². The van der Waals surface area contributed by atoms with E-state index in [4.69, 9.17) is 30.5 Å². The molecule has 0 saturated heterocycles. The van der Waals surface area contributed by atoms with Crippen molar-refractivity contribution in [3.05, 3.63) is 88.5 Å². The Morgan fingerprint density at radius 2 is 1.34 bits per heavy atom. The molecule has 0 aliphatic carbocycles. The second-order valence-electron chi connectivity index (χ2n) is 6.58. The zero-order chi connectivity index (χ0) is 23.1. The van der Waals surface area contributed by atoms with Crippen molar-refractivity contribution in [2.75, 3.05) is 21.3 Å². The summed E-state index contributed by atoms with van der Waals surface area (Å²) in [4.78, 5) is 24.7. The molecule has 0 heterocycles. The Labute approximate surface area is 190 Å². The normalized spacial score (nSPS) is 10.6. The second kappa shape index (κ2) is 10.5. The van der Waals surface area contributed by atoms with Crippen molar-refractivity contribution < 1.29 is 28.5 Å². The molecule has 0 fully saturated rings. The molecule has 0 aromatic heterocycles. The number of carbonyl (C=O) groups is 2. The van der Waals surface area contributed by atoms with E-state index in [9.17, 15) is 9.59 Å². The summed E-state index contributed by atoms with van der Waals surface area (Å²) in [6.45, 7) is 0. The van der Waals surface area contributed by atoms with Gasteiger partial charge in [-0.25, -0.2) is 4.79 Å². The van der Waals surface area contributed by atoms with Gasteiger partial charge in [-0.05, 0) is 72.3 Å². The third kappa shape index (κ3) is 5.47. The van der Waals surface area contributed by atoms with E-state index in [1.54, 1.807) is 66.7 Å². The van der Waals surface area contributed by atoms with E-state index < -0.39 is 5.97 Å². The lowest BCUT2D eigenvalue weighted by atomic mass is 10.1. The van der Waals surface area contributed by atoms with Gasteiger partial charge in [0.1, 0.15) is 5.75 Å². The van der Waals surface area contributed by atoms with Crippen molar-refractivity contribution in [1.29, 1.82) is 0 Å². The summed E-state index contributed by atoms with van der Waals surface area (Å²) in [5.41, 5.74) is 1.53. The molecule has 3 aromatic carbocycles. The molecular formula is C25H21ClO6. The van der Waals surface area contributed by atoms with E-state index in [1.807, 2.05) is 0 Å². The van der Waals surface area contributed by atoms with E-state index in [0.29, 0.717) is 44.7 Å². The molecule has 0 aliphatic heterocycles. The molecule has 0 unspecified atom stereocenters. The van der Waals surface area contributed by atoms with Gasteiger partial charge in [0.2, 0.25) is 5.75 Å². The number of methoxy groups -OCH3 is 3. The van der Waals surface area contributed by atoms with Crippen molar-refractivity contribution in [3.8, 4) is 23.0 Å². The number of allylic oxidation sites excluding steroid dienone is 1. The molecule has 0 atom stereocenters. The fourth-order valence-corrected chi connectivity index (χ4v) is 3.03. The Hall–Kier alpha value is -3.77. The predicted octanol–water partition coefficient (Wildman–Crippen LogP) is 5.48. The van der Waals surface area contributed by atoms with Crippen molar-refractivity contribution in [1.82, 2.24) is 0 Å². The molecule has 0 amide bonds. The highest BCUT2D eigenvalue weighted by molar-refractivity contribution is 6.30. The predicted molar refractivity (Wildman–Crippen MR) is 122 cm³/mol. The molecule has 3 rings (SSSR count). The summed E-state index contributed by atoms with van der Waals surface area (Å²) in [7, 11) is 4.57. The first-order valence-electron chi connectivity index (χ1n) is 9.55. The fourth-order valence-electron chi connectivity index (χ4n) is 2.90. The molecule has 0 saturated carbocycles. The minimum Gasteiger partial charge on any atom is -0.493 e. The average Bonchev–Trinajstić information content (AvgIpc) is 2.82. The van der Waals surface area contributed by atoms with Gasteiger partial charge in [0.15, 0.2) is 17.3 Å². The van der Waals surface area contributed by atoms with Gasteiger partial charge in [0.25, 0.3) is 0 Å². The Kier molecular flexibility index (Phi) is 7.52. The number of carbonyl (C=O) groups excluding carboxylic acids is 2. The molecule has 32 heavy (non-hydrogen) atoms. The maximum Gasteiger partial charge on any atom is 0.343 e. The Balaban J connectivity index is 1.70. The van der Waals surface area contributed by atoms with Gasteiger partial charge < -0.3 is 18.9 Å². The lowest BCUT2D eigenvalue weighted by Gasteiger charge is -2.12. The van der Waals surface area contributed by atoms with E-state index in [1.165, 1.54) is 27.4 Å². The van der Waals surface area contributed by atoms with E-state index in [0.717, 1.165) is 0 Å². The molecule has 0 spiro atoms. The average molecular weight is 453 g/mol. The Morgan fingerprint density at radius 1 is 0.781 bits per heavy atom. The summed E-state index contributed by atoms with van der Waals surface area (Å²) in [5, 5.41) is 0.531. The second-order valence-corrected chi connectivity index (χ2v) is 7.01. The number of halogens is 1. The summed E-state index contributed by atoms with van der Waals surface area (Å²) in [6, 6.07) is 16.2. The largest absolute Gasteiger partial charge is 0.493 e. The van der Waals surface area contributed by atoms with Crippen LogP contribution in [-0.4, -0.2) is 33.1 Å². The monoisotopic (exact) mass is 452 g/mol. The van der Waals surface area contributed by atoms with Crippen LogP contribution >= 0.6 is 11.6 Å². The molecule has 6 nitrogen and oxygen atoms in total. The number of ether oxygens (including phenoxy) is 4. The quantitative estimate of drug-likeness (QED) is 0.195. The van der Waals surface area contributed by atoms with Crippen LogP contribution in [0.15, 0.2) is 66.7 Å². The molecule has 0 N–H and O–H groups in total. The van der Waals surface area contributed by atoms with E-state index >= 15 is 0 Å². The number of hydrogen-bond donors (Lipinski definition) is 0. The van der Waals surface area contributed by atoms with Gasteiger partial charge in [-0.3, -0.25) is 4.79 Å². The van der Waals surface area contributed by atoms with Crippen LogP contribution < -0.4 is 18.9 Å². The summed E-state index contributed by atoms with van der Waals surface area (Å²) in [6.07, 6.45) is 3.09. The number of hydrogen-bond acceptors (Lipinski definition) is 6. The molecular weight excluding hydrogens is 432 g/mol. The van der Waals surface area contributed by atoms with E-state index in [-0.39, 0.29) is 5.78 Å². The first-order valence-corrected chi connectivity index (χ1v) is 9.93. The zero-order valence-electron chi connectivity index (χ0n) is 17.8. The SMILES string of the molecule is COc1cc(/C=C/C(=O)c2ccc(OC(=O)c3ccc(Cl)cc3)cc2)cc(OC)c1OC. The van der Waals surface area contributed by atoms with Crippen LogP contribution in [0.2, 0.25) is 5.02 Å². The van der Waals surface area contributed by atoms with Gasteiger partial charge in [-0.15, -0.1) is 0 Å². The van der Waals surface area contributed by atoms with Crippen molar-refractivity contribution in [2.24, 2.45) is 0 Å². The van der Waals surface area contributed by atoms with Crippen molar-refractivity contribution in [2.45, 2.75) is 0 Å². The van der Waals surface area contributed by atoms with Crippen LogP contribution in [0.3, 0.4) is 0 Å². The lowest BCUT2D eigenvalue weighted by molar-refractivity contribution is 0.0734. The molecule has 3 aromatic rings. The van der Waals surface area contributed by atoms with Gasteiger partial charge >= 0.3 is 5.97 Å². The first-order chi connectivity index (χ1) is 15.4. The standard InChI is InChI=1S/C25H21ClO6/c1-29-22-14-16(15-23(30-2)24(22)31-3)4-13-21(27)17-7-11-20(12-8-17)32-25(28)18-5-9-19(26)10-6-18/h4-15H,1-3H3/b13-4+. The molecule has 7 heteroatoms. The van der Waals surface area contributed by atoms with Gasteiger partial charge in [0.05, 0.1) is 26.9 Å². The van der Waals surface area contributed by atoms with Crippen LogP contribution in [0.25, 0.3) is 6.08 Å². The third-order valence-corrected chi connectivity index (χ3v) is 4.80. The van der Waals surface area contributed by atoms with E-state index in [2.05, 4.69) is 0 Å². The Morgan fingerprint density at radius 3 is 1.88 bits per heavy atom. The van der Waals surface area contributed by atoms with Crippen molar-refractivity contribution in [3.63, 3.8) is 0 Å². The molecule has 0 radical (unpaired) electrons. The van der Waals surface area contributed by atoms with Crippen LogP contribution in [0.5, 0.6) is 23.0 Å². The van der Waals surface area contributed by atoms with Gasteiger partial charge in [-0.1, -0.05) is 17.7 Å². The van der Waals surface area contributed by atoms with Crippen LogP contribution in [0.1, 0.15) is 26.3 Å². The Bertz CT molecular complexity index is 1110. The smallest absolute Gasteiger partial charge is 0.343 e. The molecule has 164 valence electrons. The van der Waals surface area contributed by atoms with Crippen LogP contribution in [0, 0.1) is 0 Å². The fraction of sp³-hybridized carbons (Fsp3) is 0.120. The number of benzene rings is 3. The maximum atomic E-state index is 12.5. The summed E-state index contributed by atoms with van der Waals surface area (Å²) < 4.78 is 21.3. The topological polar surface area (TPSA) is 71.1 Å². The highest BCUT2D eigenvalue weighted by Gasteiger charge is 2.13. The summed E-state index contributed by atoms with van der Waals surface area (Å²) >= 11 is 5.82. The van der Waals surface area contributed by atoms with Crippen LogP contribution in [0.4, 0.5) is 0 Å². The third-order valence-electron chi connectivity index (χ3n) is 4.54. The number of esters is 1. The minimum absolute atomic E-state index is 0.214. The highest BCUT2D eigenvalue weighted by atomic mass is 35.5.